The number of benzene rings is 1. The molecule has 2 atom stereocenters. The van der Waals surface area contributed by atoms with Crippen molar-refractivity contribution in [2.24, 2.45) is 0 Å². The maximum atomic E-state index is 12.2. The third-order valence-electron chi connectivity index (χ3n) is 3.02. The molecule has 0 saturated carbocycles. The van der Waals surface area contributed by atoms with Crippen LogP contribution in [0.2, 0.25) is 0 Å². The van der Waals surface area contributed by atoms with E-state index in [1.165, 1.54) is 6.92 Å². The first-order chi connectivity index (χ1) is 11.2. The molecular weight excluding hydrogens is 342 g/mol. The van der Waals surface area contributed by atoms with Crippen LogP contribution in [0.1, 0.15) is 26.7 Å². The standard InChI is InChI=1S/C14H19NO8S/c1-3-5-12(16)13(14(17)22-4-2)23-24(20,21)11-8-6-10(7-9-11)15(18)19/h6-9,12-13,16H,3-5H2,1-2H3. The molecule has 1 aromatic rings. The predicted octanol–water partition coefficient (Wildman–Crippen LogP) is 1.39. The molecule has 1 N–H and O–H groups in total. The second kappa shape index (κ2) is 8.71. The minimum absolute atomic E-state index is 0.00484. The smallest absolute Gasteiger partial charge is 0.339 e. The molecule has 1 rings (SSSR count). The lowest BCUT2D eigenvalue weighted by molar-refractivity contribution is -0.384. The van der Waals surface area contributed by atoms with Crippen LogP contribution in [0.25, 0.3) is 0 Å². The van der Waals surface area contributed by atoms with Crippen molar-refractivity contribution in [3.8, 4) is 0 Å². The van der Waals surface area contributed by atoms with E-state index in [-0.39, 0.29) is 23.6 Å². The first-order valence-corrected chi connectivity index (χ1v) is 8.66. The first-order valence-electron chi connectivity index (χ1n) is 7.25. The van der Waals surface area contributed by atoms with Crippen molar-refractivity contribution in [1.82, 2.24) is 0 Å². The van der Waals surface area contributed by atoms with E-state index < -0.39 is 33.2 Å². The largest absolute Gasteiger partial charge is 0.464 e. The summed E-state index contributed by atoms with van der Waals surface area (Å²) < 4.78 is 34.0. The monoisotopic (exact) mass is 361 g/mol. The first kappa shape index (κ1) is 20.0. The maximum Gasteiger partial charge on any atom is 0.339 e. The van der Waals surface area contributed by atoms with Gasteiger partial charge in [-0.05, 0) is 25.5 Å². The highest BCUT2D eigenvalue weighted by atomic mass is 32.2. The molecule has 10 heteroatoms. The van der Waals surface area contributed by atoms with Gasteiger partial charge in [-0.25, -0.2) is 8.98 Å². The predicted molar refractivity (Wildman–Crippen MR) is 82.7 cm³/mol. The Hall–Kier alpha value is -2.04. The van der Waals surface area contributed by atoms with Gasteiger partial charge in [-0.1, -0.05) is 13.3 Å². The topological polar surface area (TPSA) is 133 Å². The van der Waals surface area contributed by atoms with E-state index in [1.54, 1.807) is 6.92 Å². The summed E-state index contributed by atoms with van der Waals surface area (Å²) in [7, 11) is -4.41. The minimum Gasteiger partial charge on any atom is -0.464 e. The molecule has 0 spiro atoms. The fourth-order valence-corrected chi connectivity index (χ4v) is 2.92. The highest BCUT2D eigenvalue weighted by molar-refractivity contribution is 7.86. The van der Waals surface area contributed by atoms with Gasteiger partial charge in [0.1, 0.15) is 0 Å². The molecule has 0 fully saturated rings. The number of rotatable bonds is 9. The Kier molecular flexibility index (Phi) is 7.26. The van der Waals surface area contributed by atoms with E-state index in [2.05, 4.69) is 0 Å². The van der Waals surface area contributed by atoms with Gasteiger partial charge >= 0.3 is 5.97 Å². The number of ether oxygens (including phenoxy) is 1. The summed E-state index contributed by atoms with van der Waals surface area (Å²) in [6, 6.07) is 3.97. The molecule has 1 aromatic carbocycles. The Bertz CT molecular complexity index is 671. The lowest BCUT2D eigenvalue weighted by Crippen LogP contribution is -2.39. The number of aliphatic hydroxyl groups excluding tert-OH is 1. The van der Waals surface area contributed by atoms with Crippen LogP contribution >= 0.6 is 0 Å². The number of nitro benzene ring substituents is 1. The fourth-order valence-electron chi connectivity index (χ4n) is 1.86. The number of hydrogen-bond acceptors (Lipinski definition) is 8. The van der Waals surface area contributed by atoms with Gasteiger partial charge in [0.25, 0.3) is 15.8 Å². The summed E-state index contributed by atoms with van der Waals surface area (Å²) in [4.78, 5) is 21.4. The highest BCUT2D eigenvalue weighted by Crippen LogP contribution is 2.21. The Morgan fingerprint density at radius 2 is 1.88 bits per heavy atom. The van der Waals surface area contributed by atoms with Crippen LogP contribution in [0.4, 0.5) is 5.69 Å². The third-order valence-corrected chi connectivity index (χ3v) is 4.33. The lowest BCUT2D eigenvalue weighted by Gasteiger charge is -2.20. The minimum atomic E-state index is -4.41. The zero-order valence-electron chi connectivity index (χ0n) is 13.2. The summed E-state index contributed by atoms with van der Waals surface area (Å²) in [5.74, 6) is -0.996. The summed E-state index contributed by atoms with van der Waals surface area (Å²) in [5.41, 5.74) is -0.290. The maximum absolute atomic E-state index is 12.2. The molecule has 134 valence electrons. The number of hydrogen-bond donors (Lipinski definition) is 1. The number of carbonyl (C=O) groups is 1. The van der Waals surface area contributed by atoms with Crippen molar-refractivity contribution in [2.45, 2.75) is 43.8 Å². The van der Waals surface area contributed by atoms with Crippen LogP contribution in [0.15, 0.2) is 29.2 Å². The molecule has 0 heterocycles. The second-order valence-corrected chi connectivity index (χ2v) is 6.40. The molecular formula is C14H19NO8S. The SMILES string of the molecule is CCCC(O)C(OS(=O)(=O)c1ccc([N+](=O)[O-])cc1)C(=O)OCC. The van der Waals surface area contributed by atoms with E-state index in [9.17, 15) is 28.4 Å². The van der Waals surface area contributed by atoms with Crippen LogP contribution < -0.4 is 0 Å². The summed E-state index contributed by atoms with van der Waals surface area (Å²) in [6.07, 6.45) is -2.43. The summed E-state index contributed by atoms with van der Waals surface area (Å²) in [5, 5.41) is 20.5. The van der Waals surface area contributed by atoms with Gasteiger partial charge in [0.05, 0.1) is 22.5 Å². The molecule has 0 aromatic heterocycles. The van der Waals surface area contributed by atoms with Crippen molar-refractivity contribution in [3.63, 3.8) is 0 Å². The quantitative estimate of drug-likeness (QED) is 0.302. The van der Waals surface area contributed by atoms with Gasteiger partial charge in [0.15, 0.2) is 6.10 Å². The Balaban J connectivity index is 3.05. The van der Waals surface area contributed by atoms with Gasteiger partial charge in [0, 0.05) is 12.1 Å². The van der Waals surface area contributed by atoms with E-state index in [4.69, 9.17) is 8.92 Å². The Labute approximate surface area is 139 Å². The molecule has 9 nitrogen and oxygen atoms in total. The number of nitro groups is 1. The molecule has 0 aliphatic rings. The lowest BCUT2D eigenvalue weighted by atomic mass is 10.1. The molecule has 0 saturated heterocycles. The molecule has 0 bridgehead atoms. The zero-order chi connectivity index (χ0) is 18.3. The number of esters is 1. The highest BCUT2D eigenvalue weighted by Gasteiger charge is 2.34. The normalized spacial score (nSPS) is 14.0. The van der Waals surface area contributed by atoms with E-state index in [0.29, 0.717) is 6.42 Å². The van der Waals surface area contributed by atoms with Gasteiger partial charge in [0.2, 0.25) is 0 Å². The van der Waals surface area contributed by atoms with Gasteiger partial charge in [-0.3, -0.25) is 10.1 Å². The molecule has 0 aliphatic carbocycles. The Morgan fingerprint density at radius 1 is 1.29 bits per heavy atom. The van der Waals surface area contributed by atoms with E-state index >= 15 is 0 Å². The average Bonchev–Trinajstić information content (AvgIpc) is 2.53. The zero-order valence-corrected chi connectivity index (χ0v) is 14.1. The third kappa shape index (κ3) is 5.25. The average molecular weight is 361 g/mol. The van der Waals surface area contributed by atoms with Gasteiger partial charge < -0.3 is 9.84 Å². The van der Waals surface area contributed by atoms with E-state index in [0.717, 1.165) is 24.3 Å². The van der Waals surface area contributed by atoms with Crippen molar-refractivity contribution in [1.29, 1.82) is 0 Å². The fraction of sp³-hybridized carbons (Fsp3) is 0.500. The molecule has 2 unspecified atom stereocenters. The summed E-state index contributed by atoms with van der Waals surface area (Å²) >= 11 is 0. The van der Waals surface area contributed by atoms with Crippen molar-refractivity contribution < 1.29 is 32.2 Å². The molecule has 0 radical (unpaired) electrons. The number of aliphatic hydroxyl groups is 1. The van der Waals surface area contributed by atoms with Crippen molar-refractivity contribution in [2.75, 3.05) is 6.61 Å². The van der Waals surface area contributed by atoms with Gasteiger partial charge in [-0.15, -0.1) is 0 Å². The van der Waals surface area contributed by atoms with Crippen molar-refractivity contribution >= 4 is 21.8 Å². The number of non-ortho nitro benzene ring substituents is 1. The van der Waals surface area contributed by atoms with Gasteiger partial charge in [-0.2, -0.15) is 8.42 Å². The second-order valence-electron chi connectivity index (χ2n) is 4.83. The van der Waals surface area contributed by atoms with Crippen LogP contribution in [-0.4, -0.2) is 43.2 Å². The van der Waals surface area contributed by atoms with Crippen LogP contribution in [0.5, 0.6) is 0 Å². The molecule has 24 heavy (non-hydrogen) atoms. The number of carbonyl (C=O) groups excluding carboxylic acids is 1. The van der Waals surface area contributed by atoms with Crippen LogP contribution in [0.3, 0.4) is 0 Å². The molecule has 0 amide bonds. The number of nitrogens with zero attached hydrogens (tertiary/aromatic N) is 1. The summed E-state index contributed by atoms with van der Waals surface area (Å²) in [6.45, 7) is 3.28. The Morgan fingerprint density at radius 3 is 2.33 bits per heavy atom. The molecule has 0 aliphatic heterocycles. The van der Waals surface area contributed by atoms with E-state index in [1.807, 2.05) is 0 Å². The van der Waals surface area contributed by atoms with Crippen LogP contribution in [0, 0.1) is 10.1 Å². The van der Waals surface area contributed by atoms with Crippen molar-refractivity contribution in [3.05, 3.63) is 34.4 Å². The van der Waals surface area contributed by atoms with Crippen LogP contribution in [-0.2, 0) is 23.8 Å².